The largest absolute Gasteiger partial charge is 0.495 e. The van der Waals surface area contributed by atoms with Crippen LogP contribution >= 0.6 is 0 Å². The van der Waals surface area contributed by atoms with E-state index in [2.05, 4.69) is 12.1 Å². The molecule has 0 aliphatic heterocycles. The summed E-state index contributed by atoms with van der Waals surface area (Å²) in [6.45, 7) is 0.289. The van der Waals surface area contributed by atoms with Gasteiger partial charge in [0.25, 0.3) is 0 Å². The summed E-state index contributed by atoms with van der Waals surface area (Å²) in [5, 5.41) is 18.0. The van der Waals surface area contributed by atoms with Gasteiger partial charge in [-0.2, -0.15) is 10.5 Å². The fourth-order valence-corrected chi connectivity index (χ4v) is 1.78. The third kappa shape index (κ3) is 2.88. The average molecular weight is 264 g/mol. The van der Waals surface area contributed by atoms with Crippen molar-refractivity contribution in [2.24, 2.45) is 0 Å². The second-order valence-corrected chi connectivity index (χ2v) is 4.04. The maximum Gasteiger partial charge on any atom is 0.137 e. The first-order chi connectivity index (χ1) is 9.78. The Hall–Kier alpha value is -2.98. The first-order valence-electron chi connectivity index (χ1n) is 5.97. The fraction of sp³-hybridized carbons (Fsp3) is 0.125. The van der Waals surface area contributed by atoms with Crippen LogP contribution in [0.3, 0.4) is 0 Å². The quantitative estimate of drug-likeness (QED) is 0.851. The molecule has 2 aromatic carbocycles. The summed E-state index contributed by atoms with van der Waals surface area (Å²) in [4.78, 5) is 0. The molecule has 4 nitrogen and oxygen atoms in total. The second kappa shape index (κ2) is 6.26. The summed E-state index contributed by atoms with van der Waals surface area (Å²) in [5.74, 6) is 1.07. The van der Waals surface area contributed by atoms with Gasteiger partial charge in [-0.15, -0.1) is 0 Å². The predicted molar refractivity (Wildman–Crippen MR) is 73.2 cm³/mol. The zero-order valence-electron chi connectivity index (χ0n) is 11.0. The lowest BCUT2D eigenvalue weighted by atomic mass is 10.1. The Balaban J connectivity index is 2.16. The van der Waals surface area contributed by atoms with Crippen molar-refractivity contribution in [1.82, 2.24) is 0 Å². The molecule has 0 aromatic heterocycles. The Morgan fingerprint density at radius 3 is 2.40 bits per heavy atom. The Bertz CT molecular complexity index is 696. The molecule has 0 saturated heterocycles. The highest BCUT2D eigenvalue weighted by Gasteiger charge is 2.06. The summed E-state index contributed by atoms with van der Waals surface area (Å²) >= 11 is 0. The number of ether oxygens (including phenoxy) is 2. The molecule has 0 saturated carbocycles. The zero-order chi connectivity index (χ0) is 14.4. The molecule has 0 atom stereocenters. The maximum absolute atomic E-state index is 9.03. The van der Waals surface area contributed by atoms with E-state index < -0.39 is 0 Å². The van der Waals surface area contributed by atoms with Crippen molar-refractivity contribution in [1.29, 1.82) is 10.5 Å². The smallest absolute Gasteiger partial charge is 0.137 e. The monoisotopic (exact) mass is 264 g/mol. The zero-order valence-corrected chi connectivity index (χ0v) is 11.0. The van der Waals surface area contributed by atoms with E-state index in [9.17, 15) is 0 Å². The minimum atomic E-state index is 0.289. The Morgan fingerprint density at radius 2 is 1.70 bits per heavy atom. The predicted octanol–water partition coefficient (Wildman–Crippen LogP) is 3.02. The standard InChI is InChI=1S/C16H12N2O2/c1-19-15-7-6-12(8-14(15)10-18)11-20-16-5-3-2-4-13(16)9-17/h2-8H,11H2,1H3. The average Bonchev–Trinajstić information content (AvgIpc) is 2.52. The van der Waals surface area contributed by atoms with Gasteiger partial charge in [0.15, 0.2) is 0 Å². The maximum atomic E-state index is 9.03. The number of benzene rings is 2. The molecule has 2 aromatic rings. The topological polar surface area (TPSA) is 66.0 Å². The molecule has 0 aliphatic carbocycles. The normalized spacial score (nSPS) is 9.35. The van der Waals surface area contributed by atoms with Crippen LogP contribution in [0.4, 0.5) is 0 Å². The van der Waals surface area contributed by atoms with Crippen molar-refractivity contribution in [2.75, 3.05) is 7.11 Å². The molecule has 2 rings (SSSR count). The number of para-hydroxylation sites is 1. The van der Waals surface area contributed by atoms with E-state index in [-0.39, 0.29) is 6.61 Å². The number of hydrogen-bond donors (Lipinski definition) is 0. The second-order valence-electron chi connectivity index (χ2n) is 4.04. The molecule has 0 N–H and O–H groups in total. The summed E-state index contributed by atoms with van der Waals surface area (Å²) in [7, 11) is 1.52. The molecule has 0 amide bonds. The minimum absolute atomic E-state index is 0.289. The summed E-state index contributed by atoms with van der Waals surface area (Å²) in [5.41, 5.74) is 1.79. The van der Waals surface area contributed by atoms with Gasteiger partial charge in [0, 0.05) is 0 Å². The summed E-state index contributed by atoms with van der Waals surface area (Å²) in [6.07, 6.45) is 0. The number of nitriles is 2. The van der Waals surface area contributed by atoms with Gasteiger partial charge in [-0.25, -0.2) is 0 Å². The molecule has 98 valence electrons. The third-order valence-corrected chi connectivity index (χ3v) is 2.79. The highest BCUT2D eigenvalue weighted by atomic mass is 16.5. The van der Waals surface area contributed by atoms with Crippen LogP contribution in [0.25, 0.3) is 0 Å². The number of methoxy groups -OCH3 is 1. The highest BCUT2D eigenvalue weighted by Crippen LogP contribution is 2.21. The molecule has 0 unspecified atom stereocenters. The first-order valence-corrected chi connectivity index (χ1v) is 5.97. The van der Waals surface area contributed by atoms with E-state index in [1.165, 1.54) is 7.11 Å². The summed E-state index contributed by atoms with van der Waals surface area (Å²) in [6, 6.07) is 16.5. The molecule has 0 fully saturated rings. The van der Waals surface area contributed by atoms with E-state index in [1.807, 2.05) is 12.1 Å². The van der Waals surface area contributed by atoms with Crippen LogP contribution in [-0.2, 0) is 6.61 Å². The van der Waals surface area contributed by atoms with Gasteiger partial charge in [0.2, 0.25) is 0 Å². The van der Waals surface area contributed by atoms with Crippen LogP contribution in [0.1, 0.15) is 16.7 Å². The van der Waals surface area contributed by atoms with Crippen LogP contribution in [0.5, 0.6) is 11.5 Å². The van der Waals surface area contributed by atoms with Crippen LogP contribution in [0.15, 0.2) is 42.5 Å². The first kappa shape index (κ1) is 13.5. The van der Waals surface area contributed by atoms with Crippen molar-refractivity contribution < 1.29 is 9.47 Å². The van der Waals surface area contributed by atoms with Crippen molar-refractivity contribution >= 4 is 0 Å². The van der Waals surface area contributed by atoms with Gasteiger partial charge in [0.1, 0.15) is 30.2 Å². The molecule has 0 spiro atoms. The Morgan fingerprint density at radius 1 is 0.950 bits per heavy atom. The van der Waals surface area contributed by atoms with Crippen LogP contribution in [-0.4, -0.2) is 7.11 Å². The highest BCUT2D eigenvalue weighted by molar-refractivity contribution is 5.46. The lowest BCUT2D eigenvalue weighted by molar-refractivity contribution is 0.305. The minimum Gasteiger partial charge on any atom is -0.495 e. The van der Waals surface area contributed by atoms with E-state index in [0.717, 1.165) is 5.56 Å². The van der Waals surface area contributed by atoms with Gasteiger partial charge in [0.05, 0.1) is 18.2 Å². The van der Waals surface area contributed by atoms with Crippen LogP contribution < -0.4 is 9.47 Å². The van der Waals surface area contributed by atoms with Gasteiger partial charge in [-0.3, -0.25) is 0 Å². The van der Waals surface area contributed by atoms with Crippen LogP contribution in [0, 0.1) is 22.7 Å². The molecular weight excluding hydrogens is 252 g/mol. The van der Waals surface area contributed by atoms with Gasteiger partial charge < -0.3 is 9.47 Å². The van der Waals surface area contributed by atoms with Crippen LogP contribution in [0.2, 0.25) is 0 Å². The molecule has 0 heterocycles. The number of rotatable bonds is 4. The molecule has 0 bridgehead atoms. The van der Waals surface area contributed by atoms with Gasteiger partial charge in [-0.1, -0.05) is 18.2 Å². The lowest BCUT2D eigenvalue weighted by Crippen LogP contribution is -1.98. The molecule has 0 aliphatic rings. The van der Waals surface area contributed by atoms with Gasteiger partial charge in [-0.05, 0) is 29.8 Å². The SMILES string of the molecule is COc1ccc(COc2ccccc2C#N)cc1C#N. The van der Waals surface area contributed by atoms with E-state index in [1.54, 1.807) is 30.3 Å². The molecule has 0 radical (unpaired) electrons. The van der Waals surface area contributed by atoms with Crippen molar-refractivity contribution in [3.63, 3.8) is 0 Å². The molecule has 4 heteroatoms. The van der Waals surface area contributed by atoms with Crippen molar-refractivity contribution in [2.45, 2.75) is 6.61 Å². The fourth-order valence-electron chi connectivity index (χ4n) is 1.78. The van der Waals surface area contributed by atoms with Crippen molar-refractivity contribution in [3.8, 4) is 23.6 Å². The third-order valence-electron chi connectivity index (χ3n) is 2.79. The number of hydrogen-bond acceptors (Lipinski definition) is 4. The van der Waals surface area contributed by atoms with E-state index in [4.69, 9.17) is 20.0 Å². The summed E-state index contributed by atoms with van der Waals surface area (Å²) < 4.78 is 10.7. The van der Waals surface area contributed by atoms with E-state index in [0.29, 0.717) is 22.6 Å². The van der Waals surface area contributed by atoms with E-state index >= 15 is 0 Å². The van der Waals surface area contributed by atoms with Gasteiger partial charge >= 0.3 is 0 Å². The number of nitrogens with zero attached hydrogens (tertiary/aromatic N) is 2. The van der Waals surface area contributed by atoms with Crippen molar-refractivity contribution in [3.05, 3.63) is 59.2 Å². The Labute approximate surface area is 117 Å². The lowest BCUT2D eigenvalue weighted by Gasteiger charge is -2.09. The molecule has 20 heavy (non-hydrogen) atoms. The molecular formula is C16H12N2O2. The Kier molecular flexibility index (Phi) is 4.21.